The highest BCUT2D eigenvalue weighted by molar-refractivity contribution is 6.13. The predicted molar refractivity (Wildman–Crippen MR) is 217 cm³/mol. The van der Waals surface area contributed by atoms with E-state index in [4.69, 9.17) is 9.98 Å². The van der Waals surface area contributed by atoms with E-state index in [2.05, 4.69) is 176 Å². The summed E-state index contributed by atoms with van der Waals surface area (Å²) >= 11 is 0. The number of hydrogen-bond acceptors (Lipinski definition) is 4. The number of nitrogens with one attached hydrogen (secondary N) is 2. The Bertz CT molecular complexity index is 2260. The zero-order chi connectivity index (χ0) is 35.0. The van der Waals surface area contributed by atoms with Crippen LogP contribution in [0.25, 0.3) is 16.7 Å². The minimum Gasteiger partial charge on any atom is -0.383 e. The highest BCUT2D eigenvalue weighted by Gasteiger charge is 2.36. The molecule has 0 saturated carbocycles. The largest absolute Gasteiger partial charge is 0.383 e. The first-order valence-corrected chi connectivity index (χ1v) is 18.8. The van der Waals surface area contributed by atoms with Gasteiger partial charge in [0.2, 0.25) is 0 Å². The number of benzene rings is 3. The fourth-order valence-corrected chi connectivity index (χ4v) is 8.62. The molecule has 0 saturated heterocycles. The number of amidine groups is 2. The van der Waals surface area contributed by atoms with Gasteiger partial charge in [-0.2, -0.15) is 0 Å². The summed E-state index contributed by atoms with van der Waals surface area (Å²) in [6.45, 7) is 4.35. The Labute approximate surface area is 307 Å². The number of dihydropyridines is 1. The average Bonchev–Trinajstić information content (AvgIpc) is 3.20. The molecule has 256 valence electrons. The second-order valence-electron chi connectivity index (χ2n) is 14.7. The average molecular weight is 677 g/mol. The third-order valence-electron chi connectivity index (χ3n) is 11.1. The summed E-state index contributed by atoms with van der Waals surface area (Å²) < 4.78 is 0. The van der Waals surface area contributed by atoms with Crippen molar-refractivity contribution < 1.29 is 0 Å². The normalized spacial score (nSPS) is 25.9. The van der Waals surface area contributed by atoms with Crippen LogP contribution >= 0.6 is 0 Å². The van der Waals surface area contributed by atoms with Gasteiger partial charge >= 0.3 is 0 Å². The lowest BCUT2D eigenvalue weighted by Gasteiger charge is -2.38. The first kappa shape index (κ1) is 32.2. The molecule has 0 radical (unpaired) electrons. The number of nitrogens with zero attached hydrogens (tertiary/aromatic N) is 2. The van der Waals surface area contributed by atoms with Crippen molar-refractivity contribution in [1.29, 1.82) is 0 Å². The number of aliphatic imine (C=N–C) groups is 2. The minimum absolute atomic E-state index is 0.229. The van der Waals surface area contributed by atoms with Crippen molar-refractivity contribution in [3.8, 4) is 11.1 Å². The third kappa shape index (κ3) is 6.34. The summed E-state index contributed by atoms with van der Waals surface area (Å²) in [6, 6.07) is 27.1. The molecule has 3 aromatic rings. The molecule has 0 spiro atoms. The molecule has 0 fully saturated rings. The zero-order valence-electron chi connectivity index (χ0n) is 29.8. The molecule has 2 heterocycles. The second kappa shape index (κ2) is 13.8. The molecular weight excluding hydrogens is 633 g/mol. The summed E-state index contributed by atoms with van der Waals surface area (Å²) in [5.41, 5.74) is 13.7. The summed E-state index contributed by atoms with van der Waals surface area (Å²) in [6.07, 6.45) is 32.2. The highest BCUT2D eigenvalue weighted by Crippen LogP contribution is 2.48. The van der Waals surface area contributed by atoms with E-state index in [1.54, 1.807) is 0 Å². The van der Waals surface area contributed by atoms with Gasteiger partial charge in [-0.1, -0.05) is 128 Å². The standard InChI is InChI=1S/C48H44N4/c1-31-24-38(25-32(2)49-31)35-19-13-20-36(26-35)39-27-40(45-30-37-18-9-10-21-42(37)43-22-11-12-23-44(43)45)29-41(28-39)48-51-46(33-14-5-3-6-15-33)50-47(52-48)34-16-7-4-8-17-34/h3-7,9-16,18-29,31,37,44-46,49H,8,17,30H2,1-2H3,(H,50,51,52). The SMILES string of the molecule is CC1=CC(c2cccc(-c3cc(C4=NC(C5=CC=CCC5)=NC(c5ccccc5)N4)cc(C4CC5C=CC=CC5=C5C=CC=CC54)c3)c2)=CC(C)N1. The highest BCUT2D eigenvalue weighted by atomic mass is 15.2. The number of rotatable bonds is 6. The molecule has 2 N–H and O–H groups in total. The Morgan fingerprint density at radius 3 is 2.38 bits per heavy atom. The molecule has 0 bridgehead atoms. The van der Waals surface area contributed by atoms with E-state index in [0.717, 1.165) is 42.1 Å². The third-order valence-corrected chi connectivity index (χ3v) is 11.1. The van der Waals surface area contributed by atoms with Crippen LogP contribution in [0.2, 0.25) is 0 Å². The monoisotopic (exact) mass is 676 g/mol. The maximum absolute atomic E-state index is 5.30. The molecule has 0 amide bonds. The van der Waals surface area contributed by atoms with Crippen LogP contribution in [-0.4, -0.2) is 17.7 Å². The molecule has 4 nitrogen and oxygen atoms in total. The van der Waals surface area contributed by atoms with Crippen LogP contribution in [-0.2, 0) is 0 Å². The fraction of sp³-hybridized carbons (Fsp3) is 0.208. The smallest absolute Gasteiger partial charge is 0.155 e. The van der Waals surface area contributed by atoms with Crippen molar-refractivity contribution >= 4 is 17.2 Å². The fourth-order valence-electron chi connectivity index (χ4n) is 8.62. The van der Waals surface area contributed by atoms with Crippen LogP contribution in [0.15, 0.2) is 184 Å². The van der Waals surface area contributed by atoms with Crippen LogP contribution in [0.3, 0.4) is 0 Å². The number of allylic oxidation sites excluding steroid dienone is 16. The Hall–Kier alpha value is -5.74. The van der Waals surface area contributed by atoms with Crippen molar-refractivity contribution in [2.75, 3.05) is 0 Å². The van der Waals surface area contributed by atoms with Gasteiger partial charge in [0.25, 0.3) is 0 Å². The maximum atomic E-state index is 5.30. The maximum Gasteiger partial charge on any atom is 0.155 e. The van der Waals surface area contributed by atoms with Gasteiger partial charge in [-0.25, -0.2) is 9.98 Å². The molecule has 52 heavy (non-hydrogen) atoms. The van der Waals surface area contributed by atoms with E-state index in [1.807, 2.05) is 0 Å². The summed E-state index contributed by atoms with van der Waals surface area (Å²) in [4.78, 5) is 10.5. The molecule has 2 aliphatic heterocycles. The van der Waals surface area contributed by atoms with E-state index in [-0.39, 0.29) is 12.2 Å². The Morgan fingerprint density at radius 2 is 1.54 bits per heavy atom. The topological polar surface area (TPSA) is 48.8 Å². The van der Waals surface area contributed by atoms with Gasteiger partial charge in [0, 0.05) is 29.1 Å². The van der Waals surface area contributed by atoms with Gasteiger partial charge in [0.1, 0.15) is 12.0 Å². The van der Waals surface area contributed by atoms with E-state index >= 15 is 0 Å². The molecule has 5 atom stereocenters. The zero-order valence-corrected chi connectivity index (χ0v) is 29.8. The number of hydrogen-bond donors (Lipinski definition) is 2. The van der Waals surface area contributed by atoms with Crippen LogP contribution in [0, 0.1) is 11.8 Å². The first-order valence-electron chi connectivity index (χ1n) is 18.8. The lowest BCUT2D eigenvalue weighted by Crippen LogP contribution is -2.34. The molecular formula is C48H44N4. The molecule has 9 rings (SSSR count). The van der Waals surface area contributed by atoms with E-state index in [1.165, 1.54) is 50.2 Å². The van der Waals surface area contributed by atoms with E-state index in [0.29, 0.717) is 17.8 Å². The molecule has 0 aromatic heterocycles. The van der Waals surface area contributed by atoms with Crippen molar-refractivity contribution in [3.63, 3.8) is 0 Å². The summed E-state index contributed by atoms with van der Waals surface area (Å²) in [5, 5.41) is 7.30. The van der Waals surface area contributed by atoms with Crippen molar-refractivity contribution in [2.45, 2.75) is 51.2 Å². The van der Waals surface area contributed by atoms with Gasteiger partial charge in [-0.15, -0.1) is 0 Å². The lowest BCUT2D eigenvalue weighted by atomic mass is 9.65. The van der Waals surface area contributed by atoms with Crippen LogP contribution in [0.4, 0.5) is 0 Å². The van der Waals surface area contributed by atoms with Crippen LogP contribution in [0.5, 0.6) is 0 Å². The van der Waals surface area contributed by atoms with E-state index < -0.39 is 0 Å². The van der Waals surface area contributed by atoms with Crippen molar-refractivity contribution in [2.24, 2.45) is 21.8 Å². The molecule has 4 aliphatic carbocycles. The quantitative estimate of drug-likeness (QED) is 0.273. The van der Waals surface area contributed by atoms with Gasteiger partial charge in [0.15, 0.2) is 5.84 Å². The molecule has 3 aromatic carbocycles. The summed E-state index contributed by atoms with van der Waals surface area (Å²) in [5.74, 6) is 2.71. The second-order valence-corrected chi connectivity index (χ2v) is 14.7. The van der Waals surface area contributed by atoms with Crippen LogP contribution < -0.4 is 10.6 Å². The van der Waals surface area contributed by atoms with Gasteiger partial charge in [-0.05, 0) is 113 Å². The van der Waals surface area contributed by atoms with Crippen molar-refractivity contribution in [3.05, 3.63) is 196 Å². The predicted octanol–water partition coefficient (Wildman–Crippen LogP) is 10.6. The number of fused-ring (bicyclic) bond motifs is 2. The molecule has 5 unspecified atom stereocenters. The minimum atomic E-state index is -0.229. The Morgan fingerprint density at radius 1 is 0.731 bits per heavy atom. The van der Waals surface area contributed by atoms with Gasteiger partial charge in [0.05, 0.1) is 0 Å². The van der Waals surface area contributed by atoms with Crippen LogP contribution in [0.1, 0.15) is 67.4 Å². The molecule has 4 heteroatoms. The Balaban J connectivity index is 1.19. The summed E-state index contributed by atoms with van der Waals surface area (Å²) in [7, 11) is 0. The van der Waals surface area contributed by atoms with E-state index in [9.17, 15) is 0 Å². The lowest BCUT2D eigenvalue weighted by molar-refractivity contribution is 0.452. The van der Waals surface area contributed by atoms with Crippen molar-refractivity contribution in [1.82, 2.24) is 10.6 Å². The van der Waals surface area contributed by atoms with Gasteiger partial charge in [-0.3, -0.25) is 0 Å². The van der Waals surface area contributed by atoms with Gasteiger partial charge < -0.3 is 10.6 Å². The Kier molecular flexibility index (Phi) is 8.52. The first-order chi connectivity index (χ1) is 25.6. The molecule has 6 aliphatic rings.